The summed E-state index contributed by atoms with van der Waals surface area (Å²) in [4.78, 5) is 0. The molecule has 1 radical (unpaired) electrons. The summed E-state index contributed by atoms with van der Waals surface area (Å²) in [7, 11) is 1.58. The maximum Gasteiger partial charge on any atom is 0.127 e. The molecule has 0 aromatic heterocycles. The Kier molecular flexibility index (Phi) is 2.29. The SMILES string of the molecule is COc1[c]ccc(CO)c1. The summed E-state index contributed by atoms with van der Waals surface area (Å²) in [6, 6.07) is 8.13. The van der Waals surface area contributed by atoms with Crippen LogP contribution in [0.25, 0.3) is 0 Å². The molecule has 0 unspecified atom stereocenters. The van der Waals surface area contributed by atoms with Crippen LogP contribution in [0.1, 0.15) is 5.56 Å². The largest absolute Gasteiger partial charge is 0.496 e. The first-order chi connectivity index (χ1) is 4.86. The van der Waals surface area contributed by atoms with Gasteiger partial charge in [-0.05, 0) is 11.6 Å². The molecule has 2 nitrogen and oxygen atoms in total. The van der Waals surface area contributed by atoms with Crippen molar-refractivity contribution in [3.63, 3.8) is 0 Å². The topological polar surface area (TPSA) is 29.5 Å². The van der Waals surface area contributed by atoms with Gasteiger partial charge in [-0.15, -0.1) is 0 Å². The molecule has 10 heavy (non-hydrogen) atoms. The first kappa shape index (κ1) is 7.09. The van der Waals surface area contributed by atoms with Crippen molar-refractivity contribution < 1.29 is 9.84 Å². The van der Waals surface area contributed by atoms with E-state index in [0.29, 0.717) is 5.75 Å². The summed E-state index contributed by atoms with van der Waals surface area (Å²) in [5, 5.41) is 8.69. The molecule has 53 valence electrons. The molecule has 1 aromatic rings. The van der Waals surface area contributed by atoms with Gasteiger partial charge in [0.25, 0.3) is 0 Å². The van der Waals surface area contributed by atoms with Crippen LogP contribution in [0.2, 0.25) is 0 Å². The van der Waals surface area contributed by atoms with Crippen molar-refractivity contribution in [2.75, 3.05) is 7.11 Å². The Morgan fingerprint density at radius 2 is 2.50 bits per heavy atom. The summed E-state index contributed by atoms with van der Waals surface area (Å²) in [6.07, 6.45) is 0. The molecule has 1 N–H and O–H groups in total. The highest BCUT2D eigenvalue weighted by Crippen LogP contribution is 2.10. The smallest absolute Gasteiger partial charge is 0.127 e. The molecule has 0 aliphatic rings. The fraction of sp³-hybridized carbons (Fsp3) is 0.250. The third kappa shape index (κ3) is 1.48. The quantitative estimate of drug-likeness (QED) is 0.658. The van der Waals surface area contributed by atoms with Gasteiger partial charge in [-0.2, -0.15) is 0 Å². The van der Waals surface area contributed by atoms with Crippen molar-refractivity contribution in [1.82, 2.24) is 0 Å². The molecular weight excluding hydrogens is 128 g/mol. The molecule has 0 aliphatic heterocycles. The first-order valence-corrected chi connectivity index (χ1v) is 3.02. The van der Waals surface area contributed by atoms with E-state index in [1.807, 2.05) is 0 Å². The average Bonchev–Trinajstić information content (AvgIpc) is 2.05. The van der Waals surface area contributed by atoms with E-state index in [4.69, 9.17) is 9.84 Å². The molecule has 1 aromatic carbocycles. The van der Waals surface area contributed by atoms with Crippen LogP contribution in [0.4, 0.5) is 0 Å². The number of ether oxygens (including phenoxy) is 1. The van der Waals surface area contributed by atoms with Gasteiger partial charge in [-0.1, -0.05) is 12.1 Å². The number of aliphatic hydroxyl groups is 1. The monoisotopic (exact) mass is 137 g/mol. The maximum absolute atomic E-state index is 8.69. The number of hydrogen-bond donors (Lipinski definition) is 1. The van der Waals surface area contributed by atoms with E-state index in [-0.39, 0.29) is 6.61 Å². The van der Waals surface area contributed by atoms with Crippen molar-refractivity contribution in [3.05, 3.63) is 29.8 Å². The van der Waals surface area contributed by atoms with Crippen LogP contribution in [0, 0.1) is 6.07 Å². The lowest BCUT2D eigenvalue weighted by atomic mass is 10.2. The zero-order chi connectivity index (χ0) is 7.40. The molecule has 2 heteroatoms. The van der Waals surface area contributed by atoms with Crippen LogP contribution >= 0.6 is 0 Å². The molecular formula is C8H9O2. The lowest BCUT2D eigenvalue weighted by Crippen LogP contribution is -1.86. The van der Waals surface area contributed by atoms with E-state index < -0.39 is 0 Å². The summed E-state index contributed by atoms with van der Waals surface area (Å²) < 4.78 is 4.89. The molecule has 0 fully saturated rings. The molecule has 0 saturated heterocycles. The predicted octanol–water partition coefficient (Wildman–Crippen LogP) is 0.988. The first-order valence-electron chi connectivity index (χ1n) is 3.02. The molecule has 1 rings (SSSR count). The Bertz CT molecular complexity index is 189. The van der Waals surface area contributed by atoms with Gasteiger partial charge in [0.05, 0.1) is 13.7 Å². The van der Waals surface area contributed by atoms with Crippen LogP contribution in [0.3, 0.4) is 0 Å². The van der Waals surface area contributed by atoms with Gasteiger partial charge in [0.1, 0.15) is 5.75 Å². The van der Waals surface area contributed by atoms with Crippen LogP contribution < -0.4 is 4.74 Å². The second-order valence-electron chi connectivity index (χ2n) is 1.92. The molecule has 0 spiro atoms. The second-order valence-corrected chi connectivity index (χ2v) is 1.92. The average molecular weight is 137 g/mol. The van der Waals surface area contributed by atoms with E-state index in [2.05, 4.69) is 6.07 Å². The minimum Gasteiger partial charge on any atom is -0.496 e. The summed E-state index contributed by atoms with van der Waals surface area (Å²) in [5.41, 5.74) is 0.843. The fourth-order valence-electron chi connectivity index (χ4n) is 0.705. The van der Waals surface area contributed by atoms with Gasteiger partial charge in [0.15, 0.2) is 0 Å². The van der Waals surface area contributed by atoms with Crippen molar-refractivity contribution >= 4 is 0 Å². The lowest BCUT2D eigenvalue weighted by molar-refractivity contribution is 0.281. The van der Waals surface area contributed by atoms with Crippen LogP contribution in [-0.2, 0) is 6.61 Å². The van der Waals surface area contributed by atoms with Gasteiger partial charge in [-0.25, -0.2) is 0 Å². The molecule has 0 heterocycles. The molecule has 0 saturated carbocycles. The number of methoxy groups -OCH3 is 1. The standard InChI is InChI=1S/C8H9O2/c1-10-8-4-2-3-7(5-8)6-9/h2-3,5,9H,6H2,1H3. The van der Waals surface area contributed by atoms with E-state index in [9.17, 15) is 0 Å². The summed E-state index contributed by atoms with van der Waals surface area (Å²) in [6.45, 7) is 0.0467. The van der Waals surface area contributed by atoms with Gasteiger partial charge in [0.2, 0.25) is 0 Å². The van der Waals surface area contributed by atoms with E-state index >= 15 is 0 Å². The number of rotatable bonds is 2. The van der Waals surface area contributed by atoms with Gasteiger partial charge < -0.3 is 9.84 Å². The van der Waals surface area contributed by atoms with Gasteiger partial charge >= 0.3 is 0 Å². The third-order valence-electron chi connectivity index (χ3n) is 1.24. The number of aliphatic hydroxyl groups excluding tert-OH is 1. The van der Waals surface area contributed by atoms with Gasteiger partial charge in [-0.3, -0.25) is 0 Å². The number of benzene rings is 1. The Morgan fingerprint density at radius 3 is 3.10 bits per heavy atom. The lowest BCUT2D eigenvalue weighted by Gasteiger charge is -1.99. The third-order valence-corrected chi connectivity index (χ3v) is 1.24. The Morgan fingerprint density at radius 1 is 1.70 bits per heavy atom. The highest BCUT2D eigenvalue weighted by molar-refractivity contribution is 5.26. The van der Waals surface area contributed by atoms with Crippen molar-refractivity contribution in [2.24, 2.45) is 0 Å². The predicted molar refractivity (Wildman–Crippen MR) is 37.8 cm³/mol. The molecule has 0 bridgehead atoms. The van der Waals surface area contributed by atoms with Crippen LogP contribution in [-0.4, -0.2) is 12.2 Å². The zero-order valence-electron chi connectivity index (χ0n) is 5.79. The normalized spacial score (nSPS) is 9.40. The Balaban J connectivity index is 2.87. The minimum absolute atomic E-state index is 0.0467. The van der Waals surface area contributed by atoms with Gasteiger partial charge in [0, 0.05) is 6.07 Å². The highest BCUT2D eigenvalue weighted by atomic mass is 16.5. The summed E-state index contributed by atoms with van der Waals surface area (Å²) in [5.74, 6) is 0.659. The summed E-state index contributed by atoms with van der Waals surface area (Å²) >= 11 is 0. The Labute approximate surface area is 60.1 Å². The minimum atomic E-state index is 0.0467. The van der Waals surface area contributed by atoms with Crippen LogP contribution in [0.15, 0.2) is 18.2 Å². The van der Waals surface area contributed by atoms with E-state index in [1.165, 1.54) is 0 Å². The fourth-order valence-corrected chi connectivity index (χ4v) is 0.705. The van der Waals surface area contributed by atoms with Crippen molar-refractivity contribution in [1.29, 1.82) is 0 Å². The van der Waals surface area contributed by atoms with E-state index in [0.717, 1.165) is 5.56 Å². The van der Waals surface area contributed by atoms with Crippen LogP contribution in [0.5, 0.6) is 5.75 Å². The van der Waals surface area contributed by atoms with E-state index in [1.54, 1.807) is 25.3 Å². The molecule has 0 amide bonds. The Hall–Kier alpha value is -1.02. The highest BCUT2D eigenvalue weighted by Gasteiger charge is 1.91. The number of hydrogen-bond acceptors (Lipinski definition) is 2. The molecule has 0 atom stereocenters. The van der Waals surface area contributed by atoms with Crippen molar-refractivity contribution in [3.8, 4) is 5.75 Å². The maximum atomic E-state index is 8.69. The van der Waals surface area contributed by atoms with Crippen molar-refractivity contribution in [2.45, 2.75) is 6.61 Å². The molecule has 0 aliphatic carbocycles. The second kappa shape index (κ2) is 3.22. The zero-order valence-corrected chi connectivity index (χ0v) is 5.79.